The zero-order chi connectivity index (χ0) is 19.9. The van der Waals surface area contributed by atoms with Crippen molar-refractivity contribution in [3.63, 3.8) is 0 Å². The first kappa shape index (κ1) is 19.3. The van der Waals surface area contributed by atoms with Crippen molar-refractivity contribution < 1.29 is 19.4 Å². The molecule has 28 heavy (non-hydrogen) atoms. The van der Waals surface area contributed by atoms with Gasteiger partial charge in [0.25, 0.3) is 5.91 Å². The monoisotopic (exact) mass is 438 g/mol. The molecule has 3 aromatic rings. The van der Waals surface area contributed by atoms with Crippen LogP contribution in [0.15, 0.2) is 82.4 Å². The number of benzene rings is 3. The Kier molecular flexibility index (Phi) is 6.18. The fourth-order valence-corrected chi connectivity index (χ4v) is 2.52. The van der Waals surface area contributed by atoms with Crippen molar-refractivity contribution in [2.75, 3.05) is 0 Å². The number of phenols is 1. The highest BCUT2D eigenvalue weighted by atomic mass is 79.9. The summed E-state index contributed by atoms with van der Waals surface area (Å²) in [6.07, 6.45) is 1.46. The van der Waals surface area contributed by atoms with Crippen molar-refractivity contribution in [3.05, 3.63) is 94.0 Å². The minimum absolute atomic E-state index is 0.00454. The summed E-state index contributed by atoms with van der Waals surface area (Å²) in [6.45, 7) is 0. The molecule has 0 heterocycles. The summed E-state index contributed by atoms with van der Waals surface area (Å²) < 4.78 is 6.19. The van der Waals surface area contributed by atoms with Crippen molar-refractivity contribution in [2.24, 2.45) is 5.10 Å². The number of carbonyl (C=O) groups excluding carboxylic acids is 2. The fraction of sp³-hybridized carbons (Fsp3) is 0. The van der Waals surface area contributed by atoms with Crippen LogP contribution in [-0.4, -0.2) is 23.2 Å². The summed E-state index contributed by atoms with van der Waals surface area (Å²) in [4.78, 5) is 24.0. The lowest BCUT2D eigenvalue weighted by Gasteiger charge is -2.05. The van der Waals surface area contributed by atoms with Gasteiger partial charge in [0, 0.05) is 10.0 Å². The molecule has 3 aromatic carbocycles. The Balaban J connectivity index is 1.56. The maximum Gasteiger partial charge on any atom is 0.343 e. The number of ether oxygens (including phenoxy) is 1. The fourth-order valence-electron chi connectivity index (χ4n) is 2.25. The molecule has 0 atom stereocenters. The second-order valence-corrected chi connectivity index (χ2v) is 6.63. The number of nitrogens with one attached hydrogen (secondary N) is 1. The van der Waals surface area contributed by atoms with E-state index in [4.69, 9.17) is 4.74 Å². The van der Waals surface area contributed by atoms with Crippen molar-refractivity contribution in [3.8, 4) is 11.5 Å². The summed E-state index contributed by atoms with van der Waals surface area (Å²) in [5, 5.41) is 13.3. The molecule has 140 valence electrons. The quantitative estimate of drug-likeness (QED) is 0.271. The van der Waals surface area contributed by atoms with Crippen LogP contribution in [0.1, 0.15) is 26.3 Å². The van der Waals surface area contributed by atoms with Gasteiger partial charge in [0.15, 0.2) is 0 Å². The zero-order valence-electron chi connectivity index (χ0n) is 14.5. The Hall–Kier alpha value is -3.45. The highest BCUT2D eigenvalue weighted by molar-refractivity contribution is 9.10. The molecule has 0 spiro atoms. The van der Waals surface area contributed by atoms with Crippen molar-refractivity contribution in [2.45, 2.75) is 0 Å². The highest BCUT2D eigenvalue weighted by Crippen LogP contribution is 2.16. The van der Waals surface area contributed by atoms with Crippen LogP contribution >= 0.6 is 15.9 Å². The van der Waals surface area contributed by atoms with Crippen LogP contribution in [0.2, 0.25) is 0 Å². The third-order valence-electron chi connectivity index (χ3n) is 3.66. The number of rotatable bonds is 5. The molecule has 0 unspecified atom stereocenters. The standard InChI is InChI=1S/C21H15BrN2O4/c22-17-8-6-15(7-9-17)21(27)28-19-10-4-14(5-11-19)13-23-24-20(26)16-2-1-3-18(25)12-16/h1-13,25H,(H,24,26). The largest absolute Gasteiger partial charge is 0.508 e. The average molecular weight is 439 g/mol. The zero-order valence-corrected chi connectivity index (χ0v) is 16.1. The summed E-state index contributed by atoms with van der Waals surface area (Å²) in [5.74, 6) is -0.488. The minimum atomic E-state index is -0.452. The van der Waals surface area contributed by atoms with E-state index in [1.54, 1.807) is 60.7 Å². The molecule has 0 saturated heterocycles. The maximum atomic E-state index is 12.1. The molecule has 3 rings (SSSR count). The molecule has 0 saturated carbocycles. The average Bonchev–Trinajstić information content (AvgIpc) is 2.69. The van der Waals surface area contributed by atoms with E-state index in [9.17, 15) is 14.7 Å². The van der Waals surface area contributed by atoms with Gasteiger partial charge in [-0.05, 0) is 72.3 Å². The predicted molar refractivity (Wildman–Crippen MR) is 109 cm³/mol. The van der Waals surface area contributed by atoms with Gasteiger partial charge in [-0.25, -0.2) is 10.2 Å². The van der Waals surface area contributed by atoms with Crippen LogP contribution in [0.3, 0.4) is 0 Å². The molecule has 0 aliphatic carbocycles. The summed E-state index contributed by atoms with van der Waals surface area (Å²) in [5.41, 5.74) is 3.83. The predicted octanol–water partition coefficient (Wildman–Crippen LogP) is 4.14. The first-order valence-corrected chi connectivity index (χ1v) is 9.01. The molecule has 7 heteroatoms. The Morgan fingerprint density at radius 1 is 0.964 bits per heavy atom. The van der Waals surface area contributed by atoms with Gasteiger partial charge in [0.05, 0.1) is 11.8 Å². The van der Waals surface area contributed by atoms with E-state index in [0.29, 0.717) is 22.4 Å². The number of nitrogens with zero attached hydrogens (tertiary/aromatic N) is 1. The third kappa shape index (κ3) is 5.28. The SMILES string of the molecule is O=C(NN=Cc1ccc(OC(=O)c2ccc(Br)cc2)cc1)c1cccc(O)c1. The van der Waals surface area contributed by atoms with Gasteiger partial charge >= 0.3 is 5.97 Å². The van der Waals surface area contributed by atoms with E-state index in [-0.39, 0.29) is 5.75 Å². The molecule has 1 amide bonds. The van der Waals surface area contributed by atoms with Crippen LogP contribution in [-0.2, 0) is 0 Å². The van der Waals surface area contributed by atoms with Gasteiger partial charge in [-0.15, -0.1) is 0 Å². The number of hydrazone groups is 1. The Morgan fingerprint density at radius 2 is 1.68 bits per heavy atom. The van der Waals surface area contributed by atoms with E-state index in [0.717, 1.165) is 4.47 Å². The topological polar surface area (TPSA) is 88.0 Å². The first-order valence-electron chi connectivity index (χ1n) is 8.21. The van der Waals surface area contributed by atoms with Crippen LogP contribution in [0.4, 0.5) is 0 Å². The minimum Gasteiger partial charge on any atom is -0.508 e. The molecule has 0 aliphatic rings. The smallest absolute Gasteiger partial charge is 0.343 e. The molecular formula is C21H15BrN2O4. The van der Waals surface area contributed by atoms with Crippen LogP contribution in [0.25, 0.3) is 0 Å². The Morgan fingerprint density at radius 3 is 2.36 bits per heavy atom. The highest BCUT2D eigenvalue weighted by Gasteiger charge is 2.08. The molecular weight excluding hydrogens is 424 g/mol. The lowest BCUT2D eigenvalue weighted by atomic mass is 10.2. The van der Waals surface area contributed by atoms with E-state index < -0.39 is 11.9 Å². The number of aromatic hydroxyl groups is 1. The number of carbonyl (C=O) groups is 2. The second-order valence-electron chi connectivity index (χ2n) is 5.71. The number of halogens is 1. The normalized spacial score (nSPS) is 10.6. The molecule has 2 N–H and O–H groups in total. The van der Waals surface area contributed by atoms with Gasteiger partial charge < -0.3 is 9.84 Å². The second kappa shape index (κ2) is 8.96. The Bertz CT molecular complexity index is 1020. The van der Waals surface area contributed by atoms with Gasteiger partial charge in [-0.1, -0.05) is 22.0 Å². The number of esters is 1. The van der Waals surface area contributed by atoms with Gasteiger partial charge in [-0.2, -0.15) is 5.10 Å². The third-order valence-corrected chi connectivity index (χ3v) is 4.19. The lowest BCUT2D eigenvalue weighted by Crippen LogP contribution is -2.17. The summed E-state index contributed by atoms with van der Waals surface area (Å²) in [7, 11) is 0. The van der Waals surface area contributed by atoms with Crippen LogP contribution < -0.4 is 10.2 Å². The van der Waals surface area contributed by atoms with E-state index in [2.05, 4.69) is 26.5 Å². The molecule has 6 nitrogen and oxygen atoms in total. The first-order chi connectivity index (χ1) is 13.5. The number of phenolic OH excluding ortho intramolecular Hbond substituents is 1. The number of hydrogen-bond acceptors (Lipinski definition) is 5. The summed E-state index contributed by atoms with van der Waals surface area (Å²) >= 11 is 3.31. The van der Waals surface area contributed by atoms with Crippen LogP contribution in [0.5, 0.6) is 11.5 Å². The molecule has 0 fully saturated rings. The molecule has 0 radical (unpaired) electrons. The molecule has 0 aromatic heterocycles. The lowest BCUT2D eigenvalue weighted by molar-refractivity contribution is 0.0734. The Labute approximate surface area is 169 Å². The van der Waals surface area contributed by atoms with Crippen LogP contribution in [0, 0.1) is 0 Å². The van der Waals surface area contributed by atoms with Gasteiger partial charge in [0.1, 0.15) is 11.5 Å². The molecule has 0 bridgehead atoms. The molecule has 0 aliphatic heterocycles. The van der Waals surface area contributed by atoms with Crippen molar-refractivity contribution in [1.82, 2.24) is 5.43 Å². The summed E-state index contributed by atoms with van der Waals surface area (Å²) in [6, 6.07) is 19.5. The van der Waals surface area contributed by atoms with Gasteiger partial charge in [-0.3, -0.25) is 4.79 Å². The van der Waals surface area contributed by atoms with Crippen molar-refractivity contribution >= 4 is 34.0 Å². The van der Waals surface area contributed by atoms with E-state index in [1.807, 2.05) is 0 Å². The van der Waals surface area contributed by atoms with E-state index >= 15 is 0 Å². The number of hydrogen-bond donors (Lipinski definition) is 2. The maximum absolute atomic E-state index is 12.1. The number of amides is 1. The van der Waals surface area contributed by atoms with Crippen molar-refractivity contribution in [1.29, 1.82) is 0 Å². The van der Waals surface area contributed by atoms with Gasteiger partial charge in [0.2, 0.25) is 0 Å². The van der Waals surface area contributed by atoms with E-state index in [1.165, 1.54) is 18.3 Å².